The van der Waals surface area contributed by atoms with E-state index in [0.29, 0.717) is 17.3 Å². The fourth-order valence-corrected chi connectivity index (χ4v) is 4.79. The van der Waals surface area contributed by atoms with Crippen LogP contribution in [0.15, 0.2) is 30.6 Å². The molecule has 0 radical (unpaired) electrons. The Morgan fingerprint density at radius 3 is 2.87 bits per heavy atom. The largest absolute Gasteiger partial charge is 0.355 e. The summed E-state index contributed by atoms with van der Waals surface area (Å²) in [5.74, 6) is 0.853. The van der Waals surface area contributed by atoms with E-state index in [-0.39, 0.29) is 18.0 Å². The molecule has 0 spiro atoms. The Kier molecular flexibility index (Phi) is 5.27. The fraction of sp³-hybridized carbons (Fsp3) is 0.455. The molecule has 1 unspecified atom stereocenters. The van der Waals surface area contributed by atoms with Crippen LogP contribution in [0.1, 0.15) is 53.5 Å². The maximum absolute atomic E-state index is 13.2. The number of amides is 1. The van der Waals surface area contributed by atoms with E-state index in [1.807, 2.05) is 28.6 Å². The zero-order valence-corrected chi connectivity index (χ0v) is 18.3. The maximum Gasteiger partial charge on any atom is 0.273 e. The maximum atomic E-state index is 13.2. The van der Waals surface area contributed by atoms with Gasteiger partial charge in [-0.15, -0.1) is 0 Å². The van der Waals surface area contributed by atoms with E-state index in [0.717, 1.165) is 61.5 Å². The molecule has 0 bridgehead atoms. The molecule has 0 aliphatic carbocycles. The van der Waals surface area contributed by atoms with Gasteiger partial charge in [-0.2, -0.15) is 5.10 Å². The molecule has 2 aliphatic rings. The number of aromatic nitrogens is 4. The second-order valence-corrected chi connectivity index (χ2v) is 8.92. The molecule has 8 nitrogen and oxygen atoms in total. The summed E-state index contributed by atoms with van der Waals surface area (Å²) < 4.78 is 1.82. The highest BCUT2D eigenvalue weighted by atomic mass is 35.5. The Hall–Kier alpha value is -2.71. The molecule has 3 aromatic rings. The van der Waals surface area contributed by atoms with Crippen LogP contribution in [0.25, 0.3) is 5.65 Å². The van der Waals surface area contributed by atoms with Crippen LogP contribution in [0.2, 0.25) is 5.02 Å². The van der Waals surface area contributed by atoms with Gasteiger partial charge in [0.2, 0.25) is 0 Å². The summed E-state index contributed by atoms with van der Waals surface area (Å²) in [5.41, 5.74) is 9.17. The second kappa shape index (κ2) is 8.09. The van der Waals surface area contributed by atoms with Gasteiger partial charge in [-0.05, 0) is 44.7 Å². The van der Waals surface area contributed by atoms with E-state index in [2.05, 4.69) is 9.88 Å². The standard InChI is InChI=1S/C22H26ClN7O/c1-14-12-30-20(26-21(14)28-9-6-16(24)13-28)11-17(27-30)19-4-2-3-8-29(19)22(31)18-10-15(23)5-7-25-18/h5,7,10-12,16,19H,2-4,6,8-9,13,24H2,1H3/t16-,19?/m0/s1. The Balaban J connectivity index is 1.47. The predicted octanol–water partition coefficient (Wildman–Crippen LogP) is 2.99. The van der Waals surface area contributed by atoms with E-state index < -0.39 is 0 Å². The van der Waals surface area contributed by atoms with Crippen LogP contribution in [0.4, 0.5) is 5.82 Å². The van der Waals surface area contributed by atoms with Crippen molar-refractivity contribution in [1.29, 1.82) is 0 Å². The molecule has 1 amide bonds. The number of nitrogens with two attached hydrogens (primary N) is 1. The molecule has 0 saturated carbocycles. The first-order valence-corrected chi connectivity index (χ1v) is 11.2. The number of piperidine rings is 1. The Labute approximate surface area is 186 Å². The van der Waals surface area contributed by atoms with E-state index in [4.69, 9.17) is 27.4 Å². The number of hydrogen-bond donors (Lipinski definition) is 1. The highest BCUT2D eigenvalue weighted by molar-refractivity contribution is 6.30. The number of fused-ring (bicyclic) bond motifs is 1. The summed E-state index contributed by atoms with van der Waals surface area (Å²) in [4.78, 5) is 26.4. The molecule has 2 aliphatic heterocycles. The van der Waals surface area contributed by atoms with E-state index in [9.17, 15) is 4.79 Å². The smallest absolute Gasteiger partial charge is 0.273 e. The van der Waals surface area contributed by atoms with Crippen molar-refractivity contribution in [3.8, 4) is 0 Å². The van der Waals surface area contributed by atoms with Crippen LogP contribution in [0.5, 0.6) is 0 Å². The molecule has 31 heavy (non-hydrogen) atoms. The van der Waals surface area contributed by atoms with Crippen molar-refractivity contribution in [3.05, 3.63) is 52.6 Å². The topological polar surface area (TPSA) is 92.6 Å². The third-order valence-electron chi connectivity index (χ3n) is 6.19. The number of rotatable bonds is 3. The Bertz CT molecular complexity index is 1130. The average molecular weight is 440 g/mol. The number of aryl methyl sites for hydroxylation is 1. The quantitative estimate of drug-likeness (QED) is 0.674. The normalized spacial score (nSPS) is 21.8. The van der Waals surface area contributed by atoms with Crippen molar-refractivity contribution in [2.45, 2.75) is 44.7 Å². The SMILES string of the molecule is Cc1cn2nc(C3CCCCN3C(=O)c3cc(Cl)ccn3)cc2nc1N1CC[C@H](N)C1. The molecule has 5 rings (SSSR count). The third kappa shape index (κ3) is 3.85. The molecule has 2 saturated heterocycles. The first-order chi connectivity index (χ1) is 15.0. The minimum Gasteiger partial charge on any atom is -0.355 e. The molecule has 9 heteroatoms. The van der Waals surface area contributed by atoms with Crippen LogP contribution in [-0.4, -0.2) is 56.1 Å². The van der Waals surface area contributed by atoms with Crippen LogP contribution in [0.3, 0.4) is 0 Å². The summed E-state index contributed by atoms with van der Waals surface area (Å²) >= 11 is 6.08. The predicted molar refractivity (Wildman–Crippen MR) is 119 cm³/mol. The van der Waals surface area contributed by atoms with Crippen molar-refractivity contribution >= 4 is 29.0 Å². The van der Waals surface area contributed by atoms with Gasteiger partial charge in [-0.3, -0.25) is 9.78 Å². The monoisotopic (exact) mass is 439 g/mol. The van der Waals surface area contributed by atoms with Gasteiger partial charge in [0, 0.05) is 54.7 Å². The van der Waals surface area contributed by atoms with E-state index in [1.165, 1.54) is 0 Å². The molecular formula is C22H26ClN7O. The number of likely N-dealkylation sites (tertiary alicyclic amines) is 1. The lowest BCUT2D eigenvalue weighted by Gasteiger charge is -2.34. The Morgan fingerprint density at radius 1 is 1.23 bits per heavy atom. The average Bonchev–Trinajstić information content (AvgIpc) is 3.38. The summed E-state index contributed by atoms with van der Waals surface area (Å²) in [7, 11) is 0. The third-order valence-corrected chi connectivity index (χ3v) is 6.43. The number of pyridine rings is 1. The van der Waals surface area contributed by atoms with Gasteiger partial charge >= 0.3 is 0 Å². The molecule has 3 aromatic heterocycles. The van der Waals surface area contributed by atoms with Crippen molar-refractivity contribution in [2.24, 2.45) is 5.73 Å². The van der Waals surface area contributed by atoms with Crippen LogP contribution >= 0.6 is 11.6 Å². The molecule has 2 fully saturated rings. The van der Waals surface area contributed by atoms with Crippen molar-refractivity contribution < 1.29 is 4.79 Å². The lowest BCUT2D eigenvalue weighted by atomic mass is 9.99. The highest BCUT2D eigenvalue weighted by Gasteiger charge is 2.31. The van der Waals surface area contributed by atoms with Gasteiger partial charge in [0.05, 0.1) is 11.7 Å². The lowest BCUT2D eigenvalue weighted by Crippen LogP contribution is -2.39. The minimum absolute atomic E-state index is 0.104. The van der Waals surface area contributed by atoms with Gasteiger partial charge in [0.1, 0.15) is 11.5 Å². The lowest BCUT2D eigenvalue weighted by molar-refractivity contribution is 0.0599. The number of carbonyl (C=O) groups excluding carboxylic acids is 1. The number of anilines is 1. The van der Waals surface area contributed by atoms with Gasteiger partial charge < -0.3 is 15.5 Å². The highest BCUT2D eigenvalue weighted by Crippen LogP contribution is 2.32. The summed E-state index contributed by atoms with van der Waals surface area (Å²) in [6.07, 6.45) is 7.44. The number of nitrogens with zero attached hydrogens (tertiary/aromatic N) is 6. The number of carbonyl (C=O) groups is 1. The number of hydrogen-bond acceptors (Lipinski definition) is 6. The second-order valence-electron chi connectivity index (χ2n) is 8.48. The van der Waals surface area contributed by atoms with Gasteiger partial charge in [0.25, 0.3) is 5.91 Å². The zero-order chi connectivity index (χ0) is 21.5. The Morgan fingerprint density at radius 2 is 2.10 bits per heavy atom. The van der Waals surface area contributed by atoms with Crippen LogP contribution in [0, 0.1) is 6.92 Å². The molecule has 2 atom stereocenters. The first-order valence-electron chi connectivity index (χ1n) is 10.8. The molecule has 162 valence electrons. The van der Waals surface area contributed by atoms with Gasteiger partial charge in [-0.1, -0.05) is 11.6 Å². The van der Waals surface area contributed by atoms with Crippen LogP contribution in [-0.2, 0) is 0 Å². The fourth-order valence-electron chi connectivity index (χ4n) is 4.63. The first kappa shape index (κ1) is 20.2. The summed E-state index contributed by atoms with van der Waals surface area (Å²) in [6.45, 7) is 4.47. The van der Waals surface area contributed by atoms with Gasteiger partial charge in [0.15, 0.2) is 5.65 Å². The van der Waals surface area contributed by atoms with E-state index >= 15 is 0 Å². The van der Waals surface area contributed by atoms with E-state index in [1.54, 1.807) is 18.3 Å². The van der Waals surface area contributed by atoms with Crippen molar-refractivity contribution in [2.75, 3.05) is 24.5 Å². The van der Waals surface area contributed by atoms with Crippen molar-refractivity contribution in [3.63, 3.8) is 0 Å². The minimum atomic E-state index is -0.111. The number of halogens is 1. The van der Waals surface area contributed by atoms with Crippen LogP contribution < -0.4 is 10.6 Å². The molecule has 2 N–H and O–H groups in total. The summed E-state index contributed by atoms with van der Waals surface area (Å²) in [5, 5.41) is 5.30. The van der Waals surface area contributed by atoms with Gasteiger partial charge in [-0.25, -0.2) is 9.50 Å². The molecule has 0 aromatic carbocycles. The van der Waals surface area contributed by atoms with Crippen molar-refractivity contribution in [1.82, 2.24) is 24.5 Å². The summed E-state index contributed by atoms with van der Waals surface area (Å²) in [6, 6.07) is 5.39. The molecule has 5 heterocycles. The zero-order valence-electron chi connectivity index (χ0n) is 17.5. The molecular weight excluding hydrogens is 414 g/mol.